The Balaban J connectivity index is 1.92. The molecule has 5 rings (SSSR count). The van der Waals surface area contributed by atoms with Crippen molar-refractivity contribution >= 4 is 16.9 Å². The standard InChI is InChI=1S/C27H20N2O2/c30-26(31)20-16-17-25-21(18-20)19-28-29(25)27(22-10-4-1-5-11-22,23-12-6-2-7-13-23)24-14-8-3-9-15-24/h1-19H,(H,30,31). The molecule has 0 amide bonds. The van der Waals surface area contributed by atoms with Gasteiger partial charge in [-0.05, 0) is 34.9 Å². The summed E-state index contributed by atoms with van der Waals surface area (Å²) in [5.74, 6) is -0.949. The van der Waals surface area contributed by atoms with Gasteiger partial charge in [-0.2, -0.15) is 5.10 Å². The Hall–Kier alpha value is -4.18. The average molecular weight is 404 g/mol. The van der Waals surface area contributed by atoms with Crippen molar-refractivity contribution in [3.63, 3.8) is 0 Å². The van der Waals surface area contributed by atoms with E-state index in [4.69, 9.17) is 5.10 Å². The Morgan fingerprint density at radius 2 is 1.19 bits per heavy atom. The van der Waals surface area contributed by atoms with Crippen molar-refractivity contribution in [2.24, 2.45) is 0 Å². The van der Waals surface area contributed by atoms with Crippen LogP contribution in [-0.4, -0.2) is 20.9 Å². The monoisotopic (exact) mass is 404 g/mol. The fourth-order valence-electron chi connectivity index (χ4n) is 4.34. The summed E-state index contributed by atoms with van der Waals surface area (Å²) in [7, 11) is 0. The molecule has 0 fully saturated rings. The van der Waals surface area contributed by atoms with Crippen LogP contribution in [0.5, 0.6) is 0 Å². The number of benzene rings is 4. The van der Waals surface area contributed by atoms with E-state index in [0.29, 0.717) is 0 Å². The largest absolute Gasteiger partial charge is 0.478 e. The van der Waals surface area contributed by atoms with Crippen LogP contribution >= 0.6 is 0 Å². The minimum Gasteiger partial charge on any atom is -0.478 e. The minimum atomic E-state index is -0.949. The van der Waals surface area contributed by atoms with Gasteiger partial charge >= 0.3 is 5.97 Å². The van der Waals surface area contributed by atoms with Crippen LogP contribution in [0.1, 0.15) is 27.0 Å². The molecule has 4 heteroatoms. The first kappa shape index (κ1) is 18.8. The predicted octanol–water partition coefficient (Wildman–Crippen LogP) is 5.57. The van der Waals surface area contributed by atoms with Crippen molar-refractivity contribution in [3.8, 4) is 0 Å². The van der Waals surface area contributed by atoms with Crippen LogP contribution in [0.15, 0.2) is 115 Å². The lowest BCUT2D eigenvalue weighted by atomic mass is 9.77. The molecule has 0 aliphatic carbocycles. The van der Waals surface area contributed by atoms with Crippen molar-refractivity contribution in [2.45, 2.75) is 5.54 Å². The molecule has 4 aromatic carbocycles. The van der Waals surface area contributed by atoms with Gasteiger partial charge in [-0.1, -0.05) is 91.0 Å². The van der Waals surface area contributed by atoms with E-state index in [9.17, 15) is 9.90 Å². The van der Waals surface area contributed by atoms with Gasteiger partial charge in [0.15, 0.2) is 0 Å². The van der Waals surface area contributed by atoms with E-state index < -0.39 is 11.5 Å². The Labute approximate surface area is 180 Å². The van der Waals surface area contributed by atoms with Crippen molar-refractivity contribution in [1.29, 1.82) is 0 Å². The highest BCUT2D eigenvalue weighted by Gasteiger charge is 2.40. The molecule has 150 valence electrons. The molecule has 4 nitrogen and oxygen atoms in total. The van der Waals surface area contributed by atoms with Crippen LogP contribution in [0.3, 0.4) is 0 Å². The number of hydrogen-bond donors (Lipinski definition) is 1. The van der Waals surface area contributed by atoms with Crippen molar-refractivity contribution in [2.75, 3.05) is 0 Å². The van der Waals surface area contributed by atoms with E-state index in [0.717, 1.165) is 27.6 Å². The zero-order chi connectivity index (χ0) is 21.3. The number of carboxylic acids is 1. The third-order valence-corrected chi connectivity index (χ3v) is 5.71. The molecule has 0 bridgehead atoms. The number of aromatic carboxylic acids is 1. The molecular formula is C27H20N2O2. The molecule has 0 unspecified atom stereocenters. The molecule has 0 aliphatic heterocycles. The van der Waals surface area contributed by atoms with E-state index in [2.05, 4.69) is 36.4 Å². The number of fused-ring (bicyclic) bond motifs is 1. The van der Waals surface area contributed by atoms with Gasteiger partial charge in [0.05, 0.1) is 17.3 Å². The normalized spacial score (nSPS) is 11.5. The van der Waals surface area contributed by atoms with Crippen LogP contribution in [-0.2, 0) is 5.54 Å². The highest BCUT2D eigenvalue weighted by Crippen LogP contribution is 2.42. The summed E-state index contributed by atoms with van der Waals surface area (Å²) in [4.78, 5) is 11.5. The van der Waals surface area contributed by atoms with E-state index in [1.807, 2.05) is 65.3 Å². The van der Waals surface area contributed by atoms with E-state index in [1.54, 1.807) is 18.3 Å². The molecule has 0 radical (unpaired) electrons. The van der Waals surface area contributed by atoms with E-state index in [1.165, 1.54) is 0 Å². The molecule has 1 aromatic heterocycles. The first-order chi connectivity index (χ1) is 15.2. The Morgan fingerprint density at radius 1 is 0.710 bits per heavy atom. The van der Waals surface area contributed by atoms with Gasteiger partial charge in [0, 0.05) is 5.39 Å². The molecule has 0 saturated carbocycles. The number of carbonyl (C=O) groups is 1. The van der Waals surface area contributed by atoms with Gasteiger partial charge in [-0.15, -0.1) is 0 Å². The number of hydrogen-bond acceptors (Lipinski definition) is 2. The van der Waals surface area contributed by atoms with Crippen LogP contribution in [0.25, 0.3) is 10.9 Å². The average Bonchev–Trinajstić information content (AvgIpc) is 3.25. The quantitative estimate of drug-likeness (QED) is 0.389. The smallest absolute Gasteiger partial charge is 0.335 e. The van der Waals surface area contributed by atoms with Crippen LogP contribution < -0.4 is 0 Å². The second-order valence-electron chi connectivity index (χ2n) is 7.44. The maximum absolute atomic E-state index is 11.5. The molecule has 1 N–H and O–H groups in total. The second-order valence-corrected chi connectivity index (χ2v) is 7.44. The summed E-state index contributed by atoms with van der Waals surface area (Å²) < 4.78 is 2.01. The fourth-order valence-corrected chi connectivity index (χ4v) is 4.34. The molecular weight excluding hydrogens is 384 g/mol. The zero-order valence-corrected chi connectivity index (χ0v) is 16.7. The third-order valence-electron chi connectivity index (χ3n) is 5.71. The molecule has 0 aliphatic rings. The SMILES string of the molecule is O=C(O)c1ccc2c(cnn2C(c2ccccc2)(c2ccccc2)c2ccccc2)c1. The first-order valence-electron chi connectivity index (χ1n) is 10.1. The number of rotatable bonds is 5. The Morgan fingerprint density at radius 3 is 1.65 bits per heavy atom. The lowest BCUT2D eigenvalue weighted by Gasteiger charge is -2.37. The summed E-state index contributed by atoms with van der Waals surface area (Å²) in [6, 6.07) is 36.0. The first-order valence-corrected chi connectivity index (χ1v) is 10.1. The van der Waals surface area contributed by atoms with E-state index in [-0.39, 0.29) is 5.56 Å². The summed E-state index contributed by atoms with van der Waals surface area (Å²) in [5.41, 5.74) is 3.59. The Bertz CT molecular complexity index is 1250. The van der Waals surface area contributed by atoms with Crippen molar-refractivity contribution < 1.29 is 9.90 Å². The number of carboxylic acid groups (broad SMARTS) is 1. The van der Waals surface area contributed by atoms with Gasteiger partial charge in [0.1, 0.15) is 5.54 Å². The molecule has 0 spiro atoms. The topological polar surface area (TPSA) is 55.1 Å². The highest BCUT2D eigenvalue weighted by atomic mass is 16.4. The third kappa shape index (κ3) is 3.01. The van der Waals surface area contributed by atoms with Crippen LogP contribution in [0.2, 0.25) is 0 Å². The second kappa shape index (κ2) is 7.58. The summed E-state index contributed by atoms with van der Waals surface area (Å²) in [6.45, 7) is 0. The highest BCUT2D eigenvalue weighted by molar-refractivity contribution is 5.93. The maximum atomic E-state index is 11.5. The summed E-state index contributed by atoms with van der Waals surface area (Å²) in [6.07, 6.45) is 1.74. The van der Waals surface area contributed by atoms with Gasteiger partial charge < -0.3 is 5.11 Å². The minimum absolute atomic E-state index is 0.247. The zero-order valence-electron chi connectivity index (χ0n) is 16.7. The van der Waals surface area contributed by atoms with E-state index >= 15 is 0 Å². The predicted molar refractivity (Wildman–Crippen MR) is 121 cm³/mol. The number of aromatic nitrogens is 2. The van der Waals surface area contributed by atoms with Gasteiger partial charge in [0.25, 0.3) is 0 Å². The molecule has 0 atom stereocenters. The van der Waals surface area contributed by atoms with Crippen molar-refractivity contribution in [1.82, 2.24) is 9.78 Å². The van der Waals surface area contributed by atoms with Gasteiger partial charge in [-0.3, -0.25) is 0 Å². The van der Waals surface area contributed by atoms with Gasteiger partial charge in [-0.25, -0.2) is 9.48 Å². The molecule has 1 heterocycles. The molecule has 0 saturated heterocycles. The molecule has 5 aromatic rings. The van der Waals surface area contributed by atoms with Crippen LogP contribution in [0.4, 0.5) is 0 Å². The Kier molecular flexibility index (Phi) is 4.60. The van der Waals surface area contributed by atoms with Crippen molar-refractivity contribution in [3.05, 3.63) is 138 Å². The lowest BCUT2D eigenvalue weighted by Crippen LogP contribution is -2.38. The molecule has 31 heavy (non-hydrogen) atoms. The lowest BCUT2D eigenvalue weighted by molar-refractivity contribution is 0.0697. The maximum Gasteiger partial charge on any atom is 0.335 e. The van der Waals surface area contributed by atoms with Gasteiger partial charge in [0.2, 0.25) is 0 Å². The van der Waals surface area contributed by atoms with Crippen LogP contribution in [0, 0.1) is 0 Å². The number of nitrogens with zero attached hydrogens (tertiary/aromatic N) is 2. The summed E-state index contributed by atoms with van der Waals surface area (Å²) >= 11 is 0. The summed E-state index contributed by atoms with van der Waals surface area (Å²) in [5, 5.41) is 15.0. The fraction of sp³-hybridized carbons (Fsp3) is 0.0370.